The van der Waals surface area contributed by atoms with Crippen molar-refractivity contribution in [2.75, 3.05) is 5.73 Å². The van der Waals surface area contributed by atoms with E-state index in [0.717, 1.165) is 5.69 Å². The number of amides is 1. The SMILES string of the molecule is CCn1cc(N)cc1C(=O)NCc1ccncn1. The fourth-order valence-corrected chi connectivity index (χ4v) is 1.67. The molecule has 0 unspecified atom stereocenters. The van der Waals surface area contributed by atoms with Crippen LogP contribution >= 0.6 is 0 Å². The van der Waals surface area contributed by atoms with Gasteiger partial charge in [0.25, 0.3) is 5.91 Å². The first-order valence-electron chi connectivity index (χ1n) is 5.69. The van der Waals surface area contributed by atoms with Gasteiger partial charge in [0, 0.05) is 18.9 Å². The van der Waals surface area contributed by atoms with E-state index in [0.29, 0.717) is 24.5 Å². The highest BCUT2D eigenvalue weighted by atomic mass is 16.1. The minimum absolute atomic E-state index is 0.160. The van der Waals surface area contributed by atoms with Crippen LogP contribution < -0.4 is 11.1 Å². The van der Waals surface area contributed by atoms with E-state index < -0.39 is 0 Å². The molecular formula is C12H15N5O. The van der Waals surface area contributed by atoms with E-state index in [1.165, 1.54) is 6.33 Å². The third kappa shape index (κ3) is 2.65. The van der Waals surface area contributed by atoms with E-state index in [1.807, 2.05) is 11.5 Å². The fourth-order valence-electron chi connectivity index (χ4n) is 1.67. The maximum absolute atomic E-state index is 12.0. The molecule has 0 spiro atoms. The Balaban J connectivity index is 2.04. The molecule has 94 valence electrons. The average molecular weight is 245 g/mol. The van der Waals surface area contributed by atoms with Crippen LogP contribution in [0.3, 0.4) is 0 Å². The number of nitrogens with two attached hydrogens (primary N) is 1. The molecule has 2 aromatic rings. The number of anilines is 1. The van der Waals surface area contributed by atoms with Crippen LogP contribution in [0.2, 0.25) is 0 Å². The van der Waals surface area contributed by atoms with Crippen molar-refractivity contribution in [1.29, 1.82) is 0 Å². The van der Waals surface area contributed by atoms with Gasteiger partial charge in [0.2, 0.25) is 0 Å². The van der Waals surface area contributed by atoms with E-state index in [1.54, 1.807) is 24.5 Å². The fraction of sp³-hybridized carbons (Fsp3) is 0.250. The first-order chi connectivity index (χ1) is 8.70. The highest BCUT2D eigenvalue weighted by Gasteiger charge is 2.11. The van der Waals surface area contributed by atoms with Gasteiger partial charge in [-0.25, -0.2) is 9.97 Å². The molecule has 0 radical (unpaired) electrons. The third-order valence-electron chi connectivity index (χ3n) is 2.56. The molecule has 1 amide bonds. The predicted molar refractivity (Wildman–Crippen MR) is 67.7 cm³/mol. The molecule has 0 aliphatic carbocycles. The van der Waals surface area contributed by atoms with Gasteiger partial charge in [-0.05, 0) is 19.1 Å². The van der Waals surface area contributed by atoms with Gasteiger partial charge < -0.3 is 15.6 Å². The van der Waals surface area contributed by atoms with Crippen LogP contribution in [0.25, 0.3) is 0 Å². The van der Waals surface area contributed by atoms with Gasteiger partial charge in [-0.1, -0.05) is 0 Å². The molecule has 0 aromatic carbocycles. The number of nitrogens with one attached hydrogen (secondary N) is 1. The monoisotopic (exact) mass is 245 g/mol. The topological polar surface area (TPSA) is 85.8 Å². The Bertz CT molecular complexity index is 535. The molecule has 2 rings (SSSR count). The molecule has 0 bridgehead atoms. The largest absolute Gasteiger partial charge is 0.397 e. The smallest absolute Gasteiger partial charge is 0.268 e. The molecule has 2 aromatic heterocycles. The zero-order valence-corrected chi connectivity index (χ0v) is 10.1. The number of hydrogen-bond acceptors (Lipinski definition) is 4. The van der Waals surface area contributed by atoms with E-state index in [-0.39, 0.29) is 5.91 Å². The zero-order chi connectivity index (χ0) is 13.0. The quantitative estimate of drug-likeness (QED) is 0.834. The minimum atomic E-state index is -0.160. The molecular weight excluding hydrogens is 230 g/mol. The molecule has 6 nitrogen and oxygen atoms in total. The van der Waals surface area contributed by atoms with Crippen LogP contribution in [0.4, 0.5) is 5.69 Å². The number of aryl methyl sites for hydroxylation is 1. The van der Waals surface area contributed by atoms with Crippen molar-refractivity contribution in [3.05, 3.63) is 42.2 Å². The van der Waals surface area contributed by atoms with Crippen molar-refractivity contribution >= 4 is 11.6 Å². The maximum atomic E-state index is 12.0. The first-order valence-corrected chi connectivity index (χ1v) is 5.69. The van der Waals surface area contributed by atoms with Crippen molar-refractivity contribution < 1.29 is 4.79 Å². The Morgan fingerprint density at radius 3 is 3.06 bits per heavy atom. The van der Waals surface area contributed by atoms with Gasteiger partial charge >= 0.3 is 0 Å². The lowest BCUT2D eigenvalue weighted by Crippen LogP contribution is -2.25. The lowest BCUT2D eigenvalue weighted by Gasteiger charge is -2.06. The normalized spacial score (nSPS) is 10.3. The van der Waals surface area contributed by atoms with Crippen LogP contribution in [0.15, 0.2) is 30.9 Å². The van der Waals surface area contributed by atoms with E-state index >= 15 is 0 Å². The molecule has 3 N–H and O–H groups in total. The molecule has 18 heavy (non-hydrogen) atoms. The summed E-state index contributed by atoms with van der Waals surface area (Å²) in [4.78, 5) is 19.8. The van der Waals surface area contributed by atoms with Crippen molar-refractivity contribution in [2.45, 2.75) is 20.0 Å². The van der Waals surface area contributed by atoms with Gasteiger partial charge in [-0.3, -0.25) is 4.79 Å². The Hall–Kier alpha value is -2.37. The van der Waals surface area contributed by atoms with Gasteiger partial charge in [-0.2, -0.15) is 0 Å². The number of carbonyl (C=O) groups excluding carboxylic acids is 1. The average Bonchev–Trinajstić information content (AvgIpc) is 2.78. The molecule has 0 aliphatic rings. The minimum Gasteiger partial charge on any atom is -0.397 e. The van der Waals surface area contributed by atoms with Crippen LogP contribution in [-0.4, -0.2) is 20.4 Å². The number of hydrogen-bond donors (Lipinski definition) is 2. The summed E-state index contributed by atoms with van der Waals surface area (Å²) in [6.45, 7) is 3.03. The standard InChI is InChI=1S/C12H15N5O/c1-2-17-7-9(13)5-11(17)12(18)15-6-10-3-4-14-8-16-10/h3-5,7-8H,2,6,13H2,1H3,(H,15,18). The Kier molecular flexibility index (Phi) is 3.57. The van der Waals surface area contributed by atoms with Crippen LogP contribution in [0.5, 0.6) is 0 Å². The molecule has 0 saturated heterocycles. The number of aromatic nitrogens is 3. The van der Waals surface area contributed by atoms with Gasteiger partial charge in [-0.15, -0.1) is 0 Å². The molecule has 6 heteroatoms. The summed E-state index contributed by atoms with van der Waals surface area (Å²) in [6, 6.07) is 3.42. The summed E-state index contributed by atoms with van der Waals surface area (Å²) in [5.41, 5.74) is 7.59. The lowest BCUT2D eigenvalue weighted by atomic mass is 10.3. The predicted octanol–water partition coefficient (Wildman–Crippen LogP) is 0.810. The van der Waals surface area contributed by atoms with E-state index in [2.05, 4.69) is 15.3 Å². The second kappa shape index (κ2) is 5.31. The first kappa shape index (κ1) is 12.1. The lowest BCUT2D eigenvalue weighted by molar-refractivity contribution is 0.0941. The Morgan fingerprint density at radius 1 is 1.56 bits per heavy atom. The summed E-state index contributed by atoms with van der Waals surface area (Å²) in [5.74, 6) is -0.160. The second-order valence-electron chi connectivity index (χ2n) is 3.83. The molecule has 0 aliphatic heterocycles. The highest BCUT2D eigenvalue weighted by Crippen LogP contribution is 2.10. The number of nitrogen functional groups attached to an aromatic ring is 1. The van der Waals surface area contributed by atoms with Crippen LogP contribution in [0.1, 0.15) is 23.1 Å². The number of carbonyl (C=O) groups is 1. The summed E-state index contributed by atoms with van der Waals surface area (Å²) < 4.78 is 1.81. The van der Waals surface area contributed by atoms with Crippen molar-refractivity contribution in [1.82, 2.24) is 19.9 Å². The van der Waals surface area contributed by atoms with Gasteiger partial charge in [0.05, 0.1) is 17.9 Å². The number of rotatable bonds is 4. The molecule has 0 saturated carbocycles. The van der Waals surface area contributed by atoms with E-state index in [9.17, 15) is 4.79 Å². The van der Waals surface area contributed by atoms with Crippen LogP contribution in [-0.2, 0) is 13.1 Å². The van der Waals surface area contributed by atoms with Crippen molar-refractivity contribution in [3.8, 4) is 0 Å². The van der Waals surface area contributed by atoms with Gasteiger partial charge in [0.15, 0.2) is 0 Å². The van der Waals surface area contributed by atoms with E-state index in [4.69, 9.17) is 5.73 Å². The molecule has 0 atom stereocenters. The summed E-state index contributed by atoms with van der Waals surface area (Å²) in [6.07, 6.45) is 4.84. The van der Waals surface area contributed by atoms with Gasteiger partial charge in [0.1, 0.15) is 12.0 Å². The maximum Gasteiger partial charge on any atom is 0.268 e. The second-order valence-corrected chi connectivity index (χ2v) is 3.83. The van der Waals surface area contributed by atoms with Crippen LogP contribution in [0, 0.1) is 0 Å². The summed E-state index contributed by atoms with van der Waals surface area (Å²) in [7, 11) is 0. The Morgan fingerprint density at radius 2 is 2.39 bits per heavy atom. The highest BCUT2D eigenvalue weighted by molar-refractivity contribution is 5.93. The summed E-state index contributed by atoms with van der Waals surface area (Å²) >= 11 is 0. The molecule has 0 fully saturated rings. The number of nitrogens with zero attached hydrogens (tertiary/aromatic N) is 3. The summed E-state index contributed by atoms with van der Waals surface area (Å²) in [5, 5.41) is 2.80. The van der Waals surface area contributed by atoms with Crippen molar-refractivity contribution in [3.63, 3.8) is 0 Å². The Labute approximate surface area is 105 Å². The molecule has 2 heterocycles. The third-order valence-corrected chi connectivity index (χ3v) is 2.56. The van der Waals surface area contributed by atoms with Crippen molar-refractivity contribution in [2.24, 2.45) is 0 Å². The zero-order valence-electron chi connectivity index (χ0n) is 10.1.